The number of ether oxygens (including phenoxy) is 3. The second-order valence-electron chi connectivity index (χ2n) is 10.2. The second kappa shape index (κ2) is 11.5. The summed E-state index contributed by atoms with van der Waals surface area (Å²) in [6, 6.07) is 5.51. The zero-order chi connectivity index (χ0) is 28.5. The quantitative estimate of drug-likeness (QED) is 0.485. The van der Waals surface area contributed by atoms with Crippen molar-refractivity contribution in [1.29, 1.82) is 5.26 Å². The fourth-order valence-electron chi connectivity index (χ4n) is 5.08. The first-order valence-electron chi connectivity index (χ1n) is 12.9. The van der Waals surface area contributed by atoms with Gasteiger partial charge >= 0.3 is 6.03 Å². The standard InChI is InChI=1S/C27H33FN4O6S/c1-5-37-19-7-6-16(28)12-18(19)20(38-17-8-10-36-11-9-17)14-31-24-22(15(2)21(13-29)39-24)23(33)32(26(31)35)27(3,4)25(30)34/h6-7,12,17,20,22,24H,5,8-11,14H2,1-4H3,(H2,30,34)/t20-,22?,24?/m0/s1. The van der Waals surface area contributed by atoms with Crippen LogP contribution in [-0.2, 0) is 19.1 Å². The average Bonchev–Trinajstić information content (AvgIpc) is 3.23. The number of thioether (sulfide) groups is 1. The summed E-state index contributed by atoms with van der Waals surface area (Å²) in [4.78, 5) is 42.6. The number of carbonyl (C=O) groups excluding carboxylic acids is 3. The summed E-state index contributed by atoms with van der Waals surface area (Å²) >= 11 is 1.12. The van der Waals surface area contributed by atoms with Crippen molar-refractivity contribution in [2.24, 2.45) is 11.7 Å². The number of imide groups is 1. The summed E-state index contributed by atoms with van der Waals surface area (Å²) in [6.07, 6.45) is 0.170. The molecule has 1 aromatic carbocycles. The molecule has 3 atom stereocenters. The Balaban J connectivity index is 1.79. The first-order valence-corrected chi connectivity index (χ1v) is 13.8. The molecule has 0 radical (unpaired) electrons. The Bertz CT molecular complexity index is 1230. The van der Waals surface area contributed by atoms with Crippen molar-refractivity contribution in [3.63, 3.8) is 0 Å². The Morgan fingerprint density at radius 2 is 2.03 bits per heavy atom. The van der Waals surface area contributed by atoms with Gasteiger partial charge in [0.2, 0.25) is 11.8 Å². The highest BCUT2D eigenvalue weighted by molar-refractivity contribution is 8.04. The lowest BCUT2D eigenvalue weighted by molar-refractivity contribution is -0.147. The maximum absolute atomic E-state index is 14.5. The SMILES string of the molecule is CCOc1ccc(F)cc1[C@H](CN1C(=O)N(C(C)(C)C(N)=O)C(=O)C2C(C)=C(C#N)SC21)OC1CCOCC1. The van der Waals surface area contributed by atoms with Crippen LogP contribution in [-0.4, -0.2) is 71.0 Å². The third-order valence-electron chi connectivity index (χ3n) is 7.35. The molecule has 3 aliphatic heterocycles. The van der Waals surface area contributed by atoms with E-state index in [2.05, 4.69) is 6.07 Å². The first-order chi connectivity index (χ1) is 18.5. The molecule has 10 nitrogen and oxygen atoms in total. The topological polar surface area (TPSA) is 135 Å². The average molecular weight is 561 g/mol. The molecule has 4 rings (SSSR count). The summed E-state index contributed by atoms with van der Waals surface area (Å²) in [5.74, 6) is -2.39. The van der Waals surface area contributed by atoms with Crippen LogP contribution in [0, 0.1) is 23.1 Å². The van der Waals surface area contributed by atoms with E-state index in [0.717, 1.165) is 16.7 Å². The van der Waals surface area contributed by atoms with Crippen LogP contribution in [0.25, 0.3) is 0 Å². The van der Waals surface area contributed by atoms with Crippen molar-refractivity contribution in [2.45, 2.75) is 63.7 Å². The fraction of sp³-hybridized carbons (Fsp3) is 0.556. The smallest absolute Gasteiger partial charge is 0.328 e. The third-order valence-corrected chi connectivity index (χ3v) is 8.77. The monoisotopic (exact) mass is 560 g/mol. The van der Waals surface area contributed by atoms with Gasteiger partial charge in [0.15, 0.2) is 0 Å². The van der Waals surface area contributed by atoms with E-state index in [1.807, 2.05) is 6.92 Å². The van der Waals surface area contributed by atoms with E-state index < -0.39 is 46.6 Å². The molecule has 39 heavy (non-hydrogen) atoms. The van der Waals surface area contributed by atoms with E-state index in [1.165, 1.54) is 36.9 Å². The van der Waals surface area contributed by atoms with Crippen LogP contribution in [0.5, 0.6) is 5.75 Å². The van der Waals surface area contributed by atoms with Gasteiger partial charge in [-0.1, -0.05) is 11.8 Å². The lowest BCUT2D eigenvalue weighted by Gasteiger charge is -2.47. The number of rotatable bonds is 9. The molecule has 0 aliphatic carbocycles. The molecule has 1 aromatic rings. The summed E-state index contributed by atoms with van der Waals surface area (Å²) in [6.45, 7) is 7.55. The molecule has 0 spiro atoms. The Morgan fingerprint density at radius 1 is 1.33 bits per heavy atom. The van der Waals surface area contributed by atoms with E-state index in [1.54, 1.807) is 6.92 Å². The normalized spacial score (nSPS) is 23.1. The molecule has 0 bridgehead atoms. The molecule has 2 fully saturated rings. The Kier molecular flexibility index (Phi) is 8.54. The van der Waals surface area contributed by atoms with Crippen LogP contribution in [0.4, 0.5) is 9.18 Å². The van der Waals surface area contributed by atoms with Gasteiger partial charge in [-0.15, -0.1) is 0 Å². The molecule has 3 aliphatic rings. The Labute approximate surface area is 231 Å². The number of nitriles is 1. The molecule has 0 saturated carbocycles. The van der Waals surface area contributed by atoms with Gasteiger partial charge in [0.1, 0.15) is 34.7 Å². The fourth-order valence-corrected chi connectivity index (χ4v) is 6.44. The number of allylic oxidation sites excluding steroid dienone is 1. The van der Waals surface area contributed by atoms with Crippen LogP contribution in [0.3, 0.4) is 0 Å². The Hall–Kier alpha value is -3.14. The lowest BCUT2D eigenvalue weighted by atomic mass is 9.91. The largest absolute Gasteiger partial charge is 0.493 e. The predicted octanol–water partition coefficient (Wildman–Crippen LogP) is 3.48. The van der Waals surface area contributed by atoms with Gasteiger partial charge in [-0.3, -0.25) is 9.59 Å². The molecule has 4 amide bonds. The molecule has 12 heteroatoms. The van der Waals surface area contributed by atoms with Crippen molar-refractivity contribution >= 4 is 29.6 Å². The number of nitrogens with two attached hydrogens (primary N) is 1. The Morgan fingerprint density at radius 3 is 2.64 bits per heavy atom. The van der Waals surface area contributed by atoms with Crippen molar-refractivity contribution in [3.8, 4) is 11.8 Å². The number of hydrogen-bond acceptors (Lipinski definition) is 8. The summed E-state index contributed by atoms with van der Waals surface area (Å²) in [5, 5.41) is 8.97. The van der Waals surface area contributed by atoms with E-state index in [-0.39, 0.29) is 12.6 Å². The molecule has 3 heterocycles. The molecular formula is C27H33FN4O6S. The van der Waals surface area contributed by atoms with Gasteiger partial charge in [0.25, 0.3) is 0 Å². The number of fused-ring (bicyclic) bond motifs is 1. The van der Waals surface area contributed by atoms with E-state index in [4.69, 9.17) is 19.9 Å². The van der Waals surface area contributed by atoms with E-state index in [0.29, 0.717) is 54.5 Å². The number of urea groups is 1. The van der Waals surface area contributed by atoms with E-state index >= 15 is 0 Å². The number of amides is 4. The second-order valence-corrected chi connectivity index (χ2v) is 11.3. The molecule has 2 N–H and O–H groups in total. The summed E-state index contributed by atoms with van der Waals surface area (Å²) < 4.78 is 32.3. The predicted molar refractivity (Wildman–Crippen MR) is 141 cm³/mol. The molecule has 210 valence electrons. The highest BCUT2D eigenvalue weighted by atomic mass is 32.2. The number of halogens is 1. The van der Waals surface area contributed by atoms with Gasteiger partial charge in [0.05, 0.1) is 30.1 Å². The first kappa shape index (κ1) is 28.9. The summed E-state index contributed by atoms with van der Waals surface area (Å²) in [5.41, 5.74) is 4.91. The van der Waals surface area contributed by atoms with E-state index in [9.17, 15) is 24.0 Å². The highest BCUT2D eigenvalue weighted by Gasteiger charge is 2.56. The zero-order valence-electron chi connectivity index (χ0n) is 22.4. The molecule has 2 saturated heterocycles. The molecule has 0 aromatic heterocycles. The van der Waals surface area contributed by atoms with Gasteiger partial charge in [0, 0.05) is 18.8 Å². The maximum Gasteiger partial charge on any atom is 0.328 e. The molecular weight excluding hydrogens is 527 g/mol. The van der Waals surface area contributed by atoms with Crippen molar-refractivity contribution in [2.75, 3.05) is 26.4 Å². The van der Waals surface area contributed by atoms with Gasteiger partial charge in [-0.2, -0.15) is 5.26 Å². The van der Waals surface area contributed by atoms with Crippen LogP contribution in [0.1, 0.15) is 52.2 Å². The summed E-state index contributed by atoms with van der Waals surface area (Å²) in [7, 11) is 0. The minimum Gasteiger partial charge on any atom is -0.493 e. The van der Waals surface area contributed by atoms with Crippen LogP contribution >= 0.6 is 11.8 Å². The van der Waals surface area contributed by atoms with Crippen LogP contribution < -0.4 is 10.5 Å². The van der Waals surface area contributed by atoms with Crippen molar-refractivity contribution in [3.05, 3.63) is 40.1 Å². The van der Waals surface area contributed by atoms with Crippen molar-refractivity contribution < 1.29 is 33.0 Å². The number of nitrogens with zero attached hydrogens (tertiary/aromatic N) is 3. The number of benzene rings is 1. The zero-order valence-corrected chi connectivity index (χ0v) is 23.3. The maximum atomic E-state index is 14.5. The number of hydrogen-bond donors (Lipinski definition) is 1. The van der Waals surface area contributed by atoms with Gasteiger partial charge in [-0.05, 0) is 64.3 Å². The van der Waals surface area contributed by atoms with Gasteiger partial charge in [-0.25, -0.2) is 14.1 Å². The van der Waals surface area contributed by atoms with Crippen LogP contribution in [0.15, 0.2) is 28.7 Å². The third kappa shape index (κ3) is 5.48. The highest BCUT2D eigenvalue weighted by Crippen LogP contribution is 2.48. The lowest BCUT2D eigenvalue weighted by Crippen LogP contribution is -2.68. The van der Waals surface area contributed by atoms with Gasteiger partial charge < -0.3 is 24.8 Å². The minimum atomic E-state index is -1.63. The number of carbonyl (C=O) groups is 3. The van der Waals surface area contributed by atoms with Crippen molar-refractivity contribution in [1.82, 2.24) is 9.80 Å². The minimum absolute atomic E-state index is 0.0848. The van der Waals surface area contributed by atoms with Crippen LogP contribution in [0.2, 0.25) is 0 Å². The molecule has 2 unspecified atom stereocenters. The number of primary amides is 1.